The lowest BCUT2D eigenvalue weighted by atomic mass is 10.1. The summed E-state index contributed by atoms with van der Waals surface area (Å²) in [4.78, 5) is 35.1. The first-order valence-electron chi connectivity index (χ1n) is 6.82. The summed E-state index contributed by atoms with van der Waals surface area (Å²) in [6, 6.07) is 4.85. The number of carbonyl (C=O) groups excluding carboxylic acids is 1. The number of methoxy groups -OCH3 is 1. The van der Waals surface area contributed by atoms with Crippen LogP contribution in [0.3, 0.4) is 0 Å². The van der Waals surface area contributed by atoms with E-state index in [-0.39, 0.29) is 15.0 Å². The molecule has 0 atom stereocenters. The maximum Gasteiger partial charge on any atom is 0.341 e. The van der Waals surface area contributed by atoms with Crippen LogP contribution in [0.25, 0.3) is 6.08 Å². The first kappa shape index (κ1) is 18.7. The number of hydrogen-bond acceptors (Lipinski definition) is 7. The number of nitrogens with zero attached hydrogens (tertiary/aromatic N) is 1. The summed E-state index contributed by atoms with van der Waals surface area (Å²) in [6.07, 6.45) is 1.46. The van der Waals surface area contributed by atoms with Gasteiger partial charge in [-0.05, 0) is 12.1 Å². The number of para-hydroxylation sites is 1. The quantitative estimate of drug-likeness (QED) is 0.533. The van der Waals surface area contributed by atoms with Gasteiger partial charge in [0.25, 0.3) is 5.91 Å². The third kappa shape index (κ3) is 4.48. The third-order valence-corrected chi connectivity index (χ3v) is 4.40. The summed E-state index contributed by atoms with van der Waals surface area (Å²) in [7, 11) is 1.40. The highest BCUT2D eigenvalue weighted by atomic mass is 32.2. The van der Waals surface area contributed by atoms with Crippen LogP contribution in [0, 0.1) is 0 Å². The lowest BCUT2D eigenvalue weighted by Crippen LogP contribution is -2.33. The van der Waals surface area contributed by atoms with Crippen LogP contribution in [-0.4, -0.2) is 57.5 Å². The molecule has 8 nitrogen and oxygen atoms in total. The number of benzene rings is 1. The minimum absolute atomic E-state index is 0.134. The van der Waals surface area contributed by atoms with Crippen molar-refractivity contribution in [3.8, 4) is 11.5 Å². The second-order valence-corrected chi connectivity index (χ2v) is 6.40. The van der Waals surface area contributed by atoms with E-state index in [9.17, 15) is 14.4 Å². The average molecular weight is 383 g/mol. The van der Waals surface area contributed by atoms with Crippen molar-refractivity contribution in [1.29, 1.82) is 0 Å². The average Bonchev–Trinajstić information content (AvgIpc) is 2.80. The van der Waals surface area contributed by atoms with Crippen LogP contribution in [0.4, 0.5) is 0 Å². The zero-order valence-electron chi connectivity index (χ0n) is 12.9. The Balaban J connectivity index is 2.37. The van der Waals surface area contributed by atoms with Crippen LogP contribution >= 0.6 is 24.0 Å². The maximum atomic E-state index is 12.3. The van der Waals surface area contributed by atoms with E-state index in [1.54, 1.807) is 18.2 Å². The minimum Gasteiger partial charge on any atom is -0.493 e. The number of rotatable bonds is 7. The molecule has 1 amide bonds. The van der Waals surface area contributed by atoms with Crippen LogP contribution in [-0.2, 0) is 14.4 Å². The van der Waals surface area contributed by atoms with Crippen molar-refractivity contribution in [2.45, 2.75) is 0 Å². The number of thiocarbonyl (C=S) groups is 1. The SMILES string of the molecule is COc1cccc(/C=C2\SC(=S)N(CC(=O)O)C2=O)c1OCC(=O)O. The van der Waals surface area contributed by atoms with Gasteiger partial charge in [0.1, 0.15) is 10.9 Å². The van der Waals surface area contributed by atoms with E-state index in [4.69, 9.17) is 31.9 Å². The Hall–Kier alpha value is -2.59. The summed E-state index contributed by atoms with van der Waals surface area (Å²) in [5, 5.41) is 17.6. The molecule has 0 aliphatic carbocycles. The number of aliphatic carboxylic acids is 2. The summed E-state index contributed by atoms with van der Waals surface area (Å²) in [5.41, 5.74) is 0.413. The van der Waals surface area contributed by atoms with Gasteiger partial charge in [-0.3, -0.25) is 14.5 Å². The molecule has 0 saturated carbocycles. The van der Waals surface area contributed by atoms with Crippen LogP contribution in [0.2, 0.25) is 0 Å². The van der Waals surface area contributed by atoms with Gasteiger partial charge in [0.05, 0.1) is 12.0 Å². The van der Waals surface area contributed by atoms with E-state index in [1.807, 2.05) is 0 Å². The highest BCUT2D eigenvalue weighted by Crippen LogP contribution is 2.37. The molecule has 1 aromatic carbocycles. The van der Waals surface area contributed by atoms with Crippen LogP contribution < -0.4 is 9.47 Å². The molecule has 1 aromatic rings. The van der Waals surface area contributed by atoms with Gasteiger partial charge >= 0.3 is 11.9 Å². The van der Waals surface area contributed by atoms with Crippen molar-refractivity contribution in [2.24, 2.45) is 0 Å². The number of hydrogen-bond donors (Lipinski definition) is 2. The molecule has 10 heteroatoms. The molecule has 0 aromatic heterocycles. The largest absolute Gasteiger partial charge is 0.493 e. The van der Waals surface area contributed by atoms with Crippen LogP contribution in [0.15, 0.2) is 23.1 Å². The first-order chi connectivity index (χ1) is 11.8. The maximum absolute atomic E-state index is 12.3. The van der Waals surface area contributed by atoms with Gasteiger partial charge in [-0.15, -0.1) is 0 Å². The molecule has 1 saturated heterocycles. The number of thioether (sulfide) groups is 1. The van der Waals surface area contributed by atoms with E-state index < -0.39 is 31.0 Å². The molecule has 1 fully saturated rings. The fraction of sp³-hybridized carbons (Fsp3) is 0.200. The fourth-order valence-corrected chi connectivity index (χ4v) is 3.25. The van der Waals surface area contributed by atoms with Crippen molar-refractivity contribution >= 4 is 52.2 Å². The minimum atomic E-state index is -1.18. The van der Waals surface area contributed by atoms with Crippen molar-refractivity contribution < 1.29 is 34.1 Å². The van der Waals surface area contributed by atoms with E-state index in [0.29, 0.717) is 11.3 Å². The monoisotopic (exact) mass is 383 g/mol. The predicted octanol–water partition coefficient (Wildman–Crippen LogP) is 1.44. The van der Waals surface area contributed by atoms with Gasteiger partial charge in [0.15, 0.2) is 18.1 Å². The Morgan fingerprint density at radius 1 is 1.32 bits per heavy atom. The fourth-order valence-electron chi connectivity index (χ4n) is 2.01. The highest BCUT2D eigenvalue weighted by Gasteiger charge is 2.33. The van der Waals surface area contributed by atoms with Gasteiger partial charge < -0.3 is 19.7 Å². The van der Waals surface area contributed by atoms with Gasteiger partial charge in [-0.1, -0.05) is 36.1 Å². The Kier molecular flexibility index (Phi) is 5.99. The second-order valence-electron chi connectivity index (χ2n) is 4.72. The van der Waals surface area contributed by atoms with E-state index in [1.165, 1.54) is 13.2 Å². The van der Waals surface area contributed by atoms with Gasteiger partial charge in [-0.25, -0.2) is 4.79 Å². The Morgan fingerprint density at radius 2 is 2.04 bits per heavy atom. The molecule has 25 heavy (non-hydrogen) atoms. The lowest BCUT2D eigenvalue weighted by Gasteiger charge is -2.12. The zero-order chi connectivity index (χ0) is 18.6. The van der Waals surface area contributed by atoms with Crippen LogP contribution in [0.1, 0.15) is 5.56 Å². The summed E-state index contributed by atoms with van der Waals surface area (Å²) in [5.74, 6) is -2.41. The van der Waals surface area contributed by atoms with E-state index in [0.717, 1.165) is 16.7 Å². The standard InChI is InChI=1S/C15H13NO7S2/c1-22-9-4-2-3-8(13(9)23-7-12(19)20)5-10-14(21)16(6-11(17)18)15(24)25-10/h2-5H,6-7H2,1H3,(H,17,18)(H,19,20)/b10-5-. The molecule has 1 aliphatic rings. The number of carbonyl (C=O) groups is 3. The number of amides is 1. The topological polar surface area (TPSA) is 113 Å². The molecule has 0 unspecified atom stereocenters. The molecule has 0 radical (unpaired) electrons. The predicted molar refractivity (Wildman–Crippen MR) is 93.6 cm³/mol. The van der Waals surface area contributed by atoms with Crippen molar-refractivity contribution in [3.63, 3.8) is 0 Å². The molecular weight excluding hydrogens is 370 g/mol. The molecule has 0 spiro atoms. The Bertz CT molecular complexity index is 775. The molecule has 132 valence electrons. The second kappa shape index (κ2) is 7.99. The smallest absolute Gasteiger partial charge is 0.341 e. The van der Waals surface area contributed by atoms with Crippen molar-refractivity contribution in [3.05, 3.63) is 28.7 Å². The molecule has 1 heterocycles. The van der Waals surface area contributed by atoms with Crippen LogP contribution in [0.5, 0.6) is 11.5 Å². The molecule has 0 bridgehead atoms. The van der Waals surface area contributed by atoms with Gasteiger partial charge in [0, 0.05) is 5.56 Å². The molecular formula is C15H13NO7S2. The summed E-state index contributed by atoms with van der Waals surface area (Å²) >= 11 is 5.98. The van der Waals surface area contributed by atoms with Gasteiger partial charge in [-0.2, -0.15) is 0 Å². The Labute approximate surface area is 152 Å². The lowest BCUT2D eigenvalue weighted by molar-refractivity contribution is -0.140. The number of ether oxygens (including phenoxy) is 2. The normalized spacial score (nSPS) is 15.6. The van der Waals surface area contributed by atoms with Crippen molar-refractivity contribution in [1.82, 2.24) is 4.90 Å². The van der Waals surface area contributed by atoms with Crippen molar-refractivity contribution in [2.75, 3.05) is 20.3 Å². The number of carboxylic acid groups (broad SMARTS) is 2. The molecule has 1 aliphatic heterocycles. The molecule has 2 N–H and O–H groups in total. The number of carboxylic acids is 2. The van der Waals surface area contributed by atoms with E-state index >= 15 is 0 Å². The van der Waals surface area contributed by atoms with E-state index in [2.05, 4.69) is 0 Å². The first-order valence-corrected chi connectivity index (χ1v) is 8.04. The molecule has 2 rings (SSSR count). The zero-order valence-corrected chi connectivity index (χ0v) is 14.6. The van der Waals surface area contributed by atoms with Gasteiger partial charge in [0.2, 0.25) is 0 Å². The summed E-state index contributed by atoms with van der Waals surface area (Å²) < 4.78 is 10.5. The summed E-state index contributed by atoms with van der Waals surface area (Å²) in [6.45, 7) is -1.11. The highest BCUT2D eigenvalue weighted by molar-refractivity contribution is 8.26. The third-order valence-electron chi connectivity index (χ3n) is 3.02. The Morgan fingerprint density at radius 3 is 2.64 bits per heavy atom.